The molecule has 126 valence electrons. The summed E-state index contributed by atoms with van der Waals surface area (Å²) in [7, 11) is 1.67. The maximum absolute atomic E-state index is 5.90. The van der Waals surface area contributed by atoms with Gasteiger partial charge in [0.1, 0.15) is 6.61 Å². The molecule has 2 aromatic rings. The molecule has 0 radical (unpaired) electrons. The monoisotopic (exact) mass is 398 g/mol. The fourth-order valence-electron chi connectivity index (χ4n) is 2.12. The molecule has 0 aliphatic carbocycles. The van der Waals surface area contributed by atoms with Crippen molar-refractivity contribution in [3.8, 4) is 11.5 Å². The van der Waals surface area contributed by atoms with Crippen LogP contribution in [0.2, 0.25) is 0 Å². The Labute approximate surface area is 152 Å². The molecule has 0 aliphatic rings. The summed E-state index contributed by atoms with van der Waals surface area (Å²) in [5, 5.41) is 3.39. The van der Waals surface area contributed by atoms with Crippen LogP contribution in [0.25, 0.3) is 0 Å². The van der Waals surface area contributed by atoms with E-state index in [9.17, 15) is 0 Å². The van der Waals surface area contributed by atoms with Crippen LogP contribution in [0.5, 0.6) is 11.5 Å². The summed E-state index contributed by atoms with van der Waals surface area (Å²) >= 11 is 3.61. The molecule has 0 amide bonds. The standard InChI is InChI=1S/C18H22BrNO2.ClH/c1-3-9-20-12-15-10-17(21-2)18(11-16(15)19)22-13-14-7-5-4-6-8-14;/h4-8,10-11,20H,3,9,12-13H2,1-2H3;1H/p-1. The van der Waals surface area contributed by atoms with Gasteiger partial charge in [-0.1, -0.05) is 53.2 Å². The Morgan fingerprint density at radius 3 is 2.48 bits per heavy atom. The Morgan fingerprint density at radius 2 is 1.83 bits per heavy atom. The van der Waals surface area contributed by atoms with E-state index in [-0.39, 0.29) is 12.4 Å². The van der Waals surface area contributed by atoms with Gasteiger partial charge in [0.05, 0.1) is 7.11 Å². The molecule has 1 N–H and O–H groups in total. The van der Waals surface area contributed by atoms with Crippen molar-refractivity contribution in [2.24, 2.45) is 0 Å². The van der Waals surface area contributed by atoms with E-state index < -0.39 is 0 Å². The highest BCUT2D eigenvalue weighted by molar-refractivity contribution is 9.10. The van der Waals surface area contributed by atoms with Crippen molar-refractivity contribution >= 4 is 15.9 Å². The maximum Gasteiger partial charge on any atom is 0.162 e. The smallest absolute Gasteiger partial charge is 0.162 e. The van der Waals surface area contributed by atoms with Crippen LogP contribution in [0.15, 0.2) is 46.9 Å². The molecule has 23 heavy (non-hydrogen) atoms. The number of hydrogen-bond acceptors (Lipinski definition) is 3. The highest BCUT2D eigenvalue weighted by Crippen LogP contribution is 2.34. The lowest BCUT2D eigenvalue weighted by Gasteiger charge is -2.14. The van der Waals surface area contributed by atoms with E-state index in [4.69, 9.17) is 9.47 Å². The Morgan fingerprint density at radius 1 is 1.09 bits per heavy atom. The number of ether oxygens (including phenoxy) is 2. The predicted molar refractivity (Wildman–Crippen MR) is 93.5 cm³/mol. The van der Waals surface area contributed by atoms with E-state index in [1.54, 1.807) is 7.11 Å². The fourth-order valence-corrected chi connectivity index (χ4v) is 2.58. The van der Waals surface area contributed by atoms with Gasteiger partial charge >= 0.3 is 0 Å². The molecule has 0 spiro atoms. The molecule has 0 atom stereocenters. The van der Waals surface area contributed by atoms with Crippen molar-refractivity contribution in [1.29, 1.82) is 0 Å². The Kier molecular flexibility index (Phi) is 9.07. The Hall–Kier alpha value is -1.23. The Balaban J connectivity index is 0.00000264. The minimum atomic E-state index is 0. The highest BCUT2D eigenvalue weighted by atomic mass is 79.9. The van der Waals surface area contributed by atoms with Gasteiger partial charge < -0.3 is 27.2 Å². The van der Waals surface area contributed by atoms with Gasteiger partial charge in [-0.15, -0.1) is 0 Å². The van der Waals surface area contributed by atoms with Crippen LogP contribution >= 0.6 is 15.9 Å². The van der Waals surface area contributed by atoms with Crippen molar-refractivity contribution < 1.29 is 21.9 Å². The van der Waals surface area contributed by atoms with E-state index in [2.05, 4.69) is 28.2 Å². The van der Waals surface area contributed by atoms with Gasteiger partial charge in [0.15, 0.2) is 11.5 Å². The summed E-state index contributed by atoms with van der Waals surface area (Å²) in [4.78, 5) is 0. The zero-order valence-corrected chi connectivity index (χ0v) is 15.8. The van der Waals surface area contributed by atoms with Gasteiger partial charge in [-0.25, -0.2) is 0 Å². The molecule has 0 fully saturated rings. The average Bonchev–Trinajstić information content (AvgIpc) is 2.55. The molecule has 0 aromatic heterocycles. The molecule has 0 heterocycles. The zero-order valence-electron chi connectivity index (χ0n) is 13.4. The molecule has 5 heteroatoms. The number of benzene rings is 2. The number of halogens is 2. The van der Waals surface area contributed by atoms with Crippen LogP contribution in [-0.4, -0.2) is 13.7 Å². The minimum absolute atomic E-state index is 0. The van der Waals surface area contributed by atoms with E-state index >= 15 is 0 Å². The number of hydrogen-bond donors (Lipinski definition) is 1. The normalized spacial score (nSPS) is 10.0. The summed E-state index contributed by atoms with van der Waals surface area (Å²) in [5.74, 6) is 1.50. The third-order valence-corrected chi connectivity index (χ3v) is 4.05. The van der Waals surface area contributed by atoms with E-state index in [0.29, 0.717) is 6.61 Å². The predicted octanol–water partition coefficient (Wildman–Crippen LogP) is 1.54. The first-order valence-corrected chi connectivity index (χ1v) is 8.27. The maximum atomic E-state index is 5.90. The second-order valence-electron chi connectivity index (χ2n) is 5.05. The van der Waals surface area contributed by atoms with Gasteiger partial charge in [0.2, 0.25) is 0 Å². The van der Waals surface area contributed by atoms with Crippen molar-refractivity contribution in [2.45, 2.75) is 26.5 Å². The summed E-state index contributed by atoms with van der Waals surface area (Å²) in [6.07, 6.45) is 1.12. The lowest BCUT2D eigenvalue weighted by Crippen LogP contribution is -3.00. The van der Waals surface area contributed by atoms with Gasteiger partial charge in [-0.05, 0) is 36.2 Å². The molecule has 2 rings (SSSR count). The lowest BCUT2D eigenvalue weighted by molar-refractivity contribution is -0.00000502. The summed E-state index contributed by atoms with van der Waals surface area (Å²) in [6.45, 7) is 4.49. The number of methoxy groups -OCH3 is 1. The first-order chi connectivity index (χ1) is 10.7. The van der Waals surface area contributed by atoms with Gasteiger partial charge in [0, 0.05) is 11.0 Å². The average molecular weight is 400 g/mol. The molecule has 0 saturated heterocycles. The van der Waals surface area contributed by atoms with Crippen LogP contribution in [0.1, 0.15) is 24.5 Å². The molecular formula is C18H22BrClNO2-. The molecular weight excluding hydrogens is 378 g/mol. The first kappa shape index (κ1) is 19.8. The quantitative estimate of drug-likeness (QED) is 0.683. The van der Waals surface area contributed by atoms with E-state index in [1.165, 1.54) is 0 Å². The van der Waals surface area contributed by atoms with Gasteiger partial charge in [-0.3, -0.25) is 0 Å². The second kappa shape index (κ2) is 10.5. The van der Waals surface area contributed by atoms with Crippen molar-refractivity contribution in [3.05, 3.63) is 58.1 Å². The van der Waals surface area contributed by atoms with E-state index in [0.717, 1.165) is 46.6 Å². The third kappa shape index (κ3) is 6.05. The van der Waals surface area contributed by atoms with Crippen LogP contribution in [0.4, 0.5) is 0 Å². The lowest BCUT2D eigenvalue weighted by atomic mass is 10.2. The molecule has 0 saturated carbocycles. The Bertz CT molecular complexity index is 593. The molecule has 2 aromatic carbocycles. The zero-order chi connectivity index (χ0) is 15.8. The minimum Gasteiger partial charge on any atom is -1.00 e. The number of nitrogens with one attached hydrogen (secondary N) is 1. The van der Waals surface area contributed by atoms with Crippen molar-refractivity contribution in [2.75, 3.05) is 13.7 Å². The van der Waals surface area contributed by atoms with E-state index in [1.807, 2.05) is 42.5 Å². The molecule has 0 unspecified atom stereocenters. The highest BCUT2D eigenvalue weighted by Gasteiger charge is 2.10. The summed E-state index contributed by atoms with van der Waals surface area (Å²) < 4.78 is 12.4. The molecule has 0 bridgehead atoms. The molecule has 0 aliphatic heterocycles. The SMILES string of the molecule is CCCNCc1cc(OC)c(OCc2ccccc2)cc1Br.[Cl-]. The second-order valence-corrected chi connectivity index (χ2v) is 5.90. The van der Waals surface area contributed by atoms with Crippen molar-refractivity contribution in [1.82, 2.24) is 5.32 Å². The third-order valence-electron chi connectivity index (χ3n) is 3.31. The van der Waals surface area contributed by atoms with Crippen LogP contribution < -0.4 is 27.2 Å². The molecule has 3 nitrogen and oxygen atoms in total. The topological polar surface area (TPSA) is 30.5 Å². The van der Waals surface area contributed by atoms with Gasteiger partial charge in [0.25, 0.3) is 0 Å². The fraction of sp³-hybridized carbons (Fsp3) is 0.333. The van der Waals surface area contributed by atoms with Crippen LogP contribution in [0, 0.1) is 0 Å². The van der Waals surface area contributed by atoms with Crippen molar-refractivity contribution in [3.63, 3.8) is 0 Å². The summed E-state index contributed by atoms with van der Waals surface area (Å²) in [5.41, 5.74) is 2.30. The van der Waals surface area contributed by atoms with Gasteiger partial charge in [-0.2, -0.15) is 0 Å². The largest absolute Gasteiger partial charge is 1.00 e. The van der Waals surface area contributed by atoms with Crippen LogP contribution in [0.3, 0.4) is 0 Å². The number of rotatable bonds is 8. The van der Waals surface area contributed by atoms with Crippen LogP contribution in [-0.2, 0) is 13.2 Å². The first-order valence-electron chi connectivity index (χ1n) is 7.48. The summed E-state index contributed by atoms with van der Waals surface area (Å²) in [6, 6.07) is 14.1.